The predicted octanol–water partition coefficient (Wildman–Crippen LogP) is 4.78. The van der Waals surface area contributed by atoms with E-state index in [0.717, 1.165) is 15.4 Å². The number of benzene rings is 2. The van der Waals surface area contributed by atoms with Crippen LogP contribution in [0.2, 0.25) is 0 Å². The Morgan fingerprint density at radius 2 is 1.74 bits per heavy atom. The maximum Gasteiger partial charge on any atom is 0.247 e. The molecule has 0 saturated carbocycles. The largest absolute Gasteiger partial charge is 0.420 e. The molecule has 0 radical (unpaired) electrons. The first-order valence-corrected chi connectivity index (χ1v) is 6.96. The Morgan fingerprint density at radius 1 is 1.00 bits per heavy atom. The van der Waals surface area contributed by atoms with Crippen molar-refractivity contribution in [1.29, 1.82) is 0 Å². The van der Waals surface area contributed by atoms with Crippen LogP contribution in [0.15, 0.2) is 45.3 Å². The van der Waals surface area contributed by atoms with Gasteiger partial charge in [0, 0.05) is 16.0 Å². The smallest absolute Gasteiger partial charge is 0.247 e. The Hall–Kier alpha value is -1.68. The topological polar surface area (TPSA) is 38.9 Å². The van der Waals surface area contributed by atoms with Crippen LogP contribution < -0.4 is 0 Å². The third-order valence-electron chi connectivity index (χ3n) is 2.98. The standard InChI is InChI=1S/C15H13BrN2O/c1-9(2)14-17-18-15(19-14)12-4-3-11-8-13(16)6-5-10(11)7-12/h3-9H,1-2H3. The van der Waals surface area contributed by atoms with Crippen LogP contribution in [0, 0.1) is 0 Å². The van der Waals surface area contributed by atoms with Crippen molar-refractivity contribution in [2.75, 3.05) is 0 Å². The molecule has 1 aromatic heterocycles. The molecule has 96 valence electrons. The van der Waals surface area contributed by atoms with Crippen molar-refractivity contribution in [3.63, 3.8) is 0 Å². The number of aromatic nitrogens is 2. The van der Waals surface area contributed by atoms with E-state index in [-0.39, 0.29) is 5.92 Å². The van der Waals surface area contributed by atoms with Crippen molar-refractivity contribution in [1.82, 2.24) is 10.2 Å². The Balaban J connectivity index is 2.07. The highest BCUT2D eigenvalue weighted by Crippen LogP contribution is 2.26. The second kappa shape index (κ2) is 4.78. The molecule has 0 atom stereocenters. The van der Waals surface area contributed by atoms with Gasteiger partial charge in [0.15, 0.2) is 0 Å². The lowest BCUT2D eigenvalue weighted by Crippen LogP contribution is -1.85. The zero-order chi connectivity index (χ0) is 13.4. The third kappa shape index (κ3) is 2.40. The molecule has 3 rings (SSSR count). The Labute approximate surface area is 119 Å². The molecule has 0 unspecified atom stereocenters. The van der Waals surface area contributed by atoms with Gasteiger partial charge >= 0.3 is 0 Å². The first-order chi connectivity index (χ1) is 9.13. The molecule has 0 saturated heterocycles. The van der Waals surface area contributed by atoms with Gasteiger partial charge in [-0.05, 0) is 35.0 Å². The van der Waals surface area contributed by atoms with E-state index in [1.54, 1.807) is 0 Å². The van der Waals surface area contributed by atoms with E-state index in [1.165, 1.54) is 5.39 Å². The molecular formula is C15H13BrN2O. The minimum atomic E-state index is 0.248. The van der Waals surface area contributed by atoms with Crippen LogP contribution in [0.25, 0.3) is 22.2 Å². The van der Waals surface area contributed by atoms with E-state index < -0.39 is 0 Å². The lowest BCUT2D eigenvalue weighted by molar-refractivity contribution is 0.481. The molecule has 0 aliphatic heterocycles. The first-order valence-electron chi connectivity index (χ1n) is 6.16. The molecule has 3 nitrogen and oxygen atoms in total. The molecule has 0 spiro atoms. The molecule has 1 heterocycles. The van der Waals surface area contributed by atoms with Gasteiger partial charge in [0.2, 0.25) is 11.8 Å². The zero-order valence-electron chi connectivity index (χ0n) is 10.7. The number of nitrogens with zero attached hydrogens (tertiary/aromatic N) is 2. The fourth-order valence-corrected chi connectivity index (χ4v) is 2.31. The van der Waals surface area contributed by atoms with E-state index in [0.29, 0.717) is 11.8 Å². The molecule has 2 aromatic carbocycles. The predicted molar refractivity (Wildman–Crippen MR) is 79.0 cm³/mol. The summed E-state index contributed by atoms with van der Waals surface area (Å²) in [5.74, 6) is 1.50. The molecule has 0 bridgehead atoms. The van der Waals surface area contributed by atoms with Gasteiger partial charge in [0.05, 0.1) is 0 Å². The average Bonchev–Trinajstić information content (AvgIpc) is 2.88. The third-order valence-corrected chi connectivity index (χ3v) is 3.48. The van der Waals surface area contributed by atoms with E-state index >= 15 is 0 Å². The molecule has 0 N–H and O–H groups in total. The SMILES string of the molecule is CC(C)c1nnc(-c2ccc3cc(Br)ccc3c2)o1. The number of fused-ring (bicyclic) bond motifs is 1. The summed E-state index contributed by atoms with van der Waals surface area (Å²) in [5, 5.41) is 10.5. The summed E-state index contributed by atoms with van der Waals surface area (Å²) in [4.78, 5) is 0. The average molecular weight is 317 g/mol. The molecule has 19 heavy (non-hydrogen) atoms. The Morgan fingerprint density at radius 3 is 2.47 bits per heavy atom. The van der Waals surface area contributed by atoms with Crippen LogP contribution in [-0.4, -0.2) is 10.2 Å². The molecule has 0 aliphatic carbocycles. The number of hydrogen-bond donors (Lipinski definition) is 0. The number of hydrogen-bond acceptors (Lipinski definition) is 3. The monoisotopic (exact) mass is 316 g/mol. The van der Waals surface area contributed by atoms with Gasteiger partial charge < -0.3 is 4.42 Å². The normalized spacial score (nSPS) is 11.4. The van der Waals surface area contributed by atoms with Crippen LogP contribution in [0.3, 0.4) is 0 Å². The van der Waals surface area contributed by atoms with Gasteiger partial charge in [-0.3, -0.25) is 0 Å². The van der Waals surface area contributed by atoms with Crippen molar-refractivity contribution < 1.29 is 4.42 Å². The minimum absolute atomic E-state index is 0.248. The van der Waals surface area contributed by atoms with Gasteiger partial charge in [0.1, 0.15) is 0 Å². The lowest BCUT2D eigenvalue weighted by atomic mass is 10.1. The molecule has 0 fully saturated rings. The van der Waals surface area contributed by atoms with E-state index in [9.17, 15) is 0 Å². The highest BCUT2D eigenvalue weighted by molar-refractivity contribution is 9.10. The van der Waals surface area contributed by atoms with Crippen molar-refractivity contribution >= 4 is 26.7 Å². The van der Waals surface area contributed by atoms with Gasteiger partial charge in [-0.1, -0.05) is 41.9 Å². The van der Waals surface area contributed by atoms with Gasteiger partial charge in [-0.15, -0.1) is 10.2 Å². The first kappa shape index (κ1) is 12.4. The van der Waals surface area contributed by atoms with Crippen molar-refractivity contribution in [2.45, 2.75) is 19.8 Å². The summed E-state index contributed by atoms with van der Waals surface area (Å²) in [6.07, 6.45) is 0. The summed E-state index contributed by atoms with van der Waals surface area (Å²) in [6, 6.07) is 12.3. The summed E-state index contributed by atoms with van der Waals surface area (Å²) in [5.41, 5.74) is 0.953. The maximum atomic E-state index is 5.67. The maximum absolute atomic E-state index is 5.67. The lowest BCUT2D eigenvalue weighted by Gasteiger charge is -2.01. The summed E-state index contributed by atoms with van der Waals surface area (Å²) in [6.45, 7) is 4.07. The van der Waals surface area contributed by atoms with E-state index in [1.807, 2.05) is 26.0 Å². The zero-order valence-corrected chi connectivity index (χ0v) is 12.3. The van der Waals surface area contributed by atoms with Crippen molar-refractivity contribution in [2.24, 2.45) is 0 Å². The molecular weight excluding hydrogens is 304 g/mol. The summed E-state index contributed by atoms with van der Waals surface area (Å²) >= 11 is 3.47. The Bertz CT molecular complexity index is 734. The number of rotatable bonds is 2. The van der Waals surface area contributed by atoms with Crippen LogP contribution in [0.5, 0.6) is 0 Å². The van der Waals surface area contributed by atoms with Crippen LogP contribution >= 0.6 is 15.9 Å². The second-order valence-corrected chi connectivity index (χ2v) is 5.72. The molecule has 0 amide bonds. The summed E-state index contributed by atoms with van der Waals surface area (Å²) in [7, 11) is 0. The fourth-order valence-electron chi connectivity index (χ4n) is 1.93. The second-order valence-electron chi connectivity index (χ2n) is 4.81. The van der Waals surface area contributed by atoms with Crippen LogP contribution in [0.4, 0.5) is 0 Å². The van der Waals surface area contributed by atoms with E-state index in [4.69, 9.17) is 4.42 Å². The van der Waals surface area contributed by atoms with Gasteiger partial charge in [0.25, 0.3) is 0 Å². The van der Waals surface area contributed by atoms with Crippen molar-refractivity contribution in [3.8, 4) is 11.5 Å². The molecule has 0 aliphatic rings. The van der Waals surface area contributed by atoms with Crippen LogP contribution in [-0.2, 0) is 0 Å². The minimum Gasteiger partial charge on any atom is -0.420 e. The molecule has 4 heteroatoms. The number of halogens is 1. The van der Waals surface area contributed by atoms with E-state index in [2.05, 4.69) is 50.4 Å². The van der Waals surface area contributed by atoms with Crippen LogP contribution in [0.1, 0.15) is 25.7 Å². The highest BCUT2D eigenvalue weighted by atomic mass is 79.9. The van der Waals surface area contributed by atoms with Gasteiger partial charge in [-0.2, -0.15) is 0 Å². The molecule has 3 aromatic rings. The summed E-state index contributed by atoms with van der Waals surface area (Å²) < 4.78 is 6.75. The quantitative estimate of drug-likeness (QED) is 0.683. The highest BCUT2D eigenvalue weighted by Gasteiger charge is 2.11. The van der Waals surface area contributed by atoms with Crippen molar-refractivity contribution in [3.05, 3.63) is 46.8 Å². The van der Waals surface area contributed by atoms with Gasteiger partial charge in [-0.25, -0.2) is 0 Å². The Kier molecular flexibility index (Phi) is 3.11. The fraction of sp³-hybridized carbons (Fsp3) is 0.200.